The van der Waals surface area contributed by atoms with Crippen LogP contribution >= 0.6 is 15.9 Å². The maximum Gasteiger partial charge on any atom is 0.0233 e. The Bertz CT molecular complexity index is 431. The lowest BCUT2D eigenvalue weighted by Gasteiger charge is -2.33. The summed E-state index contributed by atoms with van der Waals surface area (Å²) in [4.78, 5) is 2.61. The molecule has 1 aromatic carbocycles. The van der Waals surface area contributed by atoms with Crippen LogP contribution in [0.25, 0.3) is 0 Å². The van der Waals surface area contributed by atoms with Crippen LogP contribution in [-0.4, -0.2) is 30.6 Å². The Balaban J connectivity index is 1.87. The molecule has 0 aliphatic carbocycles. The second-order valence-electron chi connectivity index (χ2n) is 6.39. The number of halogens is 1. The third-order valence-corrected chi connectivity index (χ3v) is 4.94. The number of aryl methyl sites for hydroxylation is 1. The number of hydrogen-bond donors (Lipinski definition) is 1. The van der Waals surface area contributed by atoms with Gasteiger partial charge in [-0.2, -0.15) is 0 Å². The molecule has 0 amide bonds. The lowest BCUT2D eigenvalue weighted by atomic mass is 9.97. The van der Waals surface area contributed by atoms with Crippen molar-refractivity contribution in [3.63, 3.8) is 0 Å². The number of likely N-dealkylation sites (tertiary alicyclic amines) is 1. The number of rotatable bonds is 5. The van der Waals surface area contributed by atoms with Gasteiger partial charge in [-0.05, 0) is 56.0 Å². The minimum Gasteiger partial charge on any atom is -0.314 e. The maximum absolute atomic E-state index is 3.58. The van der Waals surface area contributed by atoms with Crippen molar-refractivity contribution >= 4 is 15.9 Å². The van der Waals surface area contributed by atoms with Crippen LogP contribution in [0.5, 0.6) is 0 Å². The highest BCUT2D eigenvalue weighted by Crippen LogP contribution is 2.21. The van der Waals surface area contributed by atoms with Crippen molar-refractivity contribution in [1.29, 1.82) is 0 Å². The first kappa shape index (κ1) is 16.0. The minimum absolute atomic E-state index is 0.597. The van der Waals surface area contributed by atoms with Gasteiger partial charge in [0.25, 0.3) is 0 Å². The number of nitrogens with zero attached hydrogens (tertiary/aromatic N) is 1. The molecule has 20 heavy (non-hydrogen) atoms. The Kier molecular flexibility index (Phi) is 6.06. The van der Waals surface area contributed by atoms with Crippen molar-refractivity contribution in [2.75, 3.05) is 19.6 Å². The van der Waals surface area contributed by atoms with Crippen LogP contribution in [0.4, 0.5) is 0 Å². The molecular formula is C17H27BrN2. The molecule has 2 nitrogen and oxygen atoms in total. The topological polar surface area (TPSA) is 15.3 Å². The molecule has 3 heteroatoms. The van der Waals surface area contributed by atoms with Crippen LogP contribution in [-0.2, 0) is 6.54 Å². The van der Waals surface area contributed by atoms with Crippen molar-refractivity contribution in [2.24, 2.45) is 5.92 Å². The molecule has 1 aliphatic heterocycles. The summed E-state index contributed by atoms with van der Waals surface area (Å²) in [7, 11) is 0. The lowest BCUT2D eigenvalue weighted by molar-refractivity contribution is 0.164. The van der Waals surface area contributed by atoms with Gasteiger partial charge in [0.2, 0.25) is 0 Å². The third kappa shape index (κ3) is 4.87. The van der Waals surface area contributed by atoms with Crippen LogP contribution in [0.2, 0.25) is 0 Å². The molecular weight excluding hydrogens is 312 g/mol. The second-order valence-corrected chi connectivity index (χ2v) is 7.24. The van der Waals surface area contributed by atoms with Crippen LogP contribution in [0.3, 0.4) is 0 Å². The van der Waals surface area contributed by atoms with Gasteiger partial charge in [-0.3, -0.25) is 4.90 Å². The zero-order valence-electron chi connectivity index (χ0n) is 13.0. The Morgan fingerprint density at radius 3 is 2.90 bits per heavy atom. The van der Waals surface area contributed by atoms with Gasteiger partial charge in [0.1, 0.15) is 0 Å². The molecule has 1 aliphatic rings. The van der Waals surface area contributed by atoms with E-state index in [0.717, 1.165) is 19.0 Å². The van der Waals surface area contributed by atoms with E-state index in [4.69, 9.17) is 0 Å². The SMILES string of the molecule is Cc1cc(CN2CCCC(CNC(C)C)C2)ccc1Br. The Morgan fingerprint density at radius 1 is 1.40 bits per heavy atom. The highest BCUT2D eigenvalue weighted by Gasteiger charge is 2.19. The summed E-state index contributed by atoms with van der Waals surface area (Å²) in [6, 6.07) is 7.32. The summed E-state index contributed by atoms with van der Waals surface area (Å²) >= 11 is 3.58. The van der Waals surface area contributed by atoms with E-state index in [0.29, 0.717) is 6.04 Å². The molecule has 0 aromatic heterocycles. The Morgan fingerprint density at radius 2 is 2.20 bits per heavy atom. The van der Waals surface area contributed by atoms with Gasteiger partial charge in [0.15, 0.2) is 0 Å². The smallest absolute Gasteiger partial charge is 0.0233 e. The van der Waals surface area contributed by atoms with E-state index in [2.05, 4.69) is 65.1 Å². The summed E-state index contributed by atoms with van der Waals surface area (Å²) in [5, 5.41) is 3.58. The highest BCUT2D eigenvalue weighted by molar-refractivity contribution is 9.10. The molecule has 1 N–H and O–H groups in total. The average Bonchev–Trinajstić information content (AvgIpc) is 2.41. The molecule has 112 valence electrons. The summed E-state index contributed by atoms with van der Waals surface area (Å²) in [5.41, 5.74) is 2.76. The molecule has 1 atom stereocenters. The molecule has 1 unspecified atom stereocenters. The minimum atomic E-state index is 0.597. The van der Waals surface area contributed by atoms with Crippen LogP contribution in [0.15, 0.2) is 22.7 Å². The van der Waals surface area contributed by atoms with Gasteiger partial charge in [0, 0.05) is 23.6 Å². The van der Waals surface area contributed by atoms with Crippen LogP contribution in [0, 0.1) is 12.8 Å². The van der Waals surface area contributed by atoms with Crippen molar-refractivity contribution in [1.82, 2.24) is 10.2 Å². The zero-order valence-corrected chi connectivity index (χ0v) is 14.5. The van der Waals surface area contributed by atoms with E-state index in [-0.39, 0.29) is 0 Å². The Hall–Kier alpha value is -0.380. The predicted molar refractivity (Wildman–Crippen MR) is 90.0 cm³/mol. The quantitative estimate of drug-likeness (QED) is 0.873. The lowest BCUT2D eigenvalue weighted by Crippen LogP contribution is -2.40. The van der Waals surface area contributed by atoms with E-state index in [1.54, 1.807) is 0 Å². The van der Waals surface area contributed by atoms with E-state index in [9.17, 15) is 0 Å². The molecule has 0 bridgehead atoms. The number of piperidine rings is 1. The first-order valence-corrected chi connectivity index (χ1v) is 8.54. The van der Waals surface area contributed by atoms with Gasteiger partial charge < -0.3 is 5.32 Å². The van der Waals surface area contributed by atoms with Crippen molar-refractivity contribution < 1.29 is 0 Å². The second kappa shape index (κ2) is 7.58. The summed E-state index contributed by atoms with van der Waals surface area (Å²) in [5.74, 6) is 0.808. The van der Waals surface area contributed by atoms with Gasteiger partial charge in [-0.15, -0.1) is 0 Å². The largest absolute Gasteiger partial charge is 0.314 e. The molecule has 0 saturated carbocycles. The van der Waals surface area contributed by atoms with Crippen molar-refractivity contribution in [3.8, 4) is 0 Å². The van der Waals surface area contributed by atoms with E-state index in [1.807, 2.05) is 0 Å². The molecule has 1 fully saturated rings. The third-order valence-electron chi connectivity index (χ3n) is 4.05. The van der Waals surface area contributed by atoms with E-state index < -0.39 is 0 Å². The van der Waals surface area contributed by atoms with Gasteiger partial charge in [-0.25, -0.2) is 0 Å². The standard InChI is InChI=1S/C17H27BrN2/c1-13(2)19-10-16-5-4-8-20(12-16)11-15-6-7-17(18)14(3)9-15/h6-7,9,13,16,19H,4-5,8,10-12H2,1-3H3. The van der Waals surface area contributed by atoms with Crippen molar-refractivity contribution in [2.45, 2.75) is 46.2 Å². The summed E-state index contributed by atoms with van der Waals surface area (Å²) < 4.78 is 1.21. The number of nitrogens with one attached hydrogen (secondary N) is 1. The van der Waals surface area contributed by atoms with E-state index >= 15 is 0 Å². The highest BCUT2D eigenvalue weighted by atomic mass is 79.9. The summed E-state index contributed by atoms with van der Waals surface area (Å²) in [6.45, 7) is 11.3. The molecule has 2 rings (SSSR count). The fraction of sp³-hybridized carbons (Fsp3) is 0.647. The fourth-order valence-electron chi connectivity index (χ4n) is 2.93. The Labute approximate surface area is 132 Å². The first-order valence-electron chi connectivity index (χ1n) is 7.75. The molecule has 0 spiro atoms. The van der Waals surface area contributed by atoms with Gasteiger partial charge in [-0.1, -0.05) is 41.9 Å². The van der Waals surface area contributed by atoms with Gasteiger partial charge >= 0.3 is 0 Å². The molecule has 0 radical (unpaired) electrons. The maximum atomic E-state index is 3.58. The first-order chi connectivity index (χ1) is 9.54. The number of benzene rings is 1. The normalized spacial score (nSPS) is 20.6. The molecule has 1 saturated heterocycles. The van der Waals surface area contributed by atoms with E-state index in [1.165, 1.54) is 41.5 Å². The predicted octanol–water partition coefficient (Wildman–Crippen LogP) is 3.97. The van der Waals surface area contributed by atoms with Crippen LogP contribution < -0.4 is 5.32 Å². The average molecular weight is 339 g/mol. The molecule has 1 heterocycles. The van der Waals surface area contributed by atoms with Crippen molar-refractivity contribution in [3.05, 3.63) is 33.8 Å². The zero-order chi connectivity index (χ0) is 14.5. The number of hydrogen-bond acceptors (Lipinski definition) is 2. The van der Waals surface area contributed by atoms with Gasteiger partial charge in [0.05, 0.1) is 0 Å². The summed E-state index contributed by atoms with van der Waals surface area (Å²) in [6.07, 6.45) is 2.70. The fourth-order valence-corrected chi connectivity index (χ4v) is 3.17. The molecule has 1 aromatic rings. The van der Waals surface area contributed by atoms with Crippen LogP contribution in [0.1, 0.15) is 37.8 Å². The monoisotopic (exact) mass is 338 g/mol.